The van der Waals surface area contributed by atoms with Crippen molar-refractivity contribution in [3.05, 3.63) is 65.2 Å². The lowest BCUT2D eigenvalue weighted by molar-refractivity contribution is 0.0734. The highest BCUT2D eigenvalue weighted by Crippen LogP contribution is 2.15. The molecule has 0 fully saturated rings. The van der Waals surface area contributed by atoms with Gasteiger partial charge in [-0.25, -0.2) is 4.79 Å². The third-order valence-electron chi connectivity index (χ3n) is 3.98. The fourth-order valence-electron chi connectivity index (χ4n) is 2.51. The van der Waals surface area contributed by atoms with Gasteiger partial charge in [-0.1, -0.05) is 44.2 Å². The fourth-order valence-corrected chi connectivity index (χ4v) is 2.51. The average Bonchev–Trinajstić information content (AvgIpc) is 2.70. The third-order valence-corrected chi connectivity index (χ3v) is 3.98. The first-order chi connectivity index (χ1) is 13.2. The molecule has 134 valence electrons. The zero-order valence-corrected chi connectivity index (χ0v) is 15.5. The minimum atomic E-state index is -0.369. The van der Waals surface area contributed by atoms with Crippen LogP contribution in [0.5, 0.6) is 5.75 Å². The zero-order valence-electron chi connectivity index (χ0n) is 15.5. The van der Waals surface area contributed by atoms with E-state index in [9.17, 15) is 4.79 Å². The Labute approximate surface area is 162 Å². The van der Waals surface area contributed by atoms with Gasteiger partial charge in [-0.05, 0) is 78.5 Å². The van der Waals surface area contributed by atoms with E-state index in [0.717, 1.165) is 12.0 Å². The maximum absolute atomic E-state index is 12.3. The number of rotatable bonds is 7. The molecule has 0 saturated carbocycles. The molecule has 0 radical (unpaired) electrons. The van der Waals surface area contributed by atoms with Crippen molar-refractivity contribution >= 4 is 5.97 Å². The Morgan fingerprint density at radius 2 is 1.67 bits per heavy atom. The van der Waals surface area contributed by atoms with Crippen LogP contribution in [0.2, 0.25) is 0 Å². The monoisotopic (exact) mass is 354 g/mol. The smallest absolute Gasteiger partial charge is 0.343 e. The summed E-state index contributed by atoms with van der Waals surface area (Å²) in [4.78, 5) is 12.3. The normalized spacial score (nSPS) is 9.19. The van der Waals surface area contributed by atoms with Crippen molar-refractivity contribution in [3.8, 4) is 41.8 Å². The first-order valence-corrected chi connectivity index (χ1v) is 9.10. The molecular formula is C25H22O2. The second-order valence-corrected chi connectivity index (χ2v) is 6.07. The number of hydrogen-bond donors (Lipinski definition) is 0. The van der Waals surface area contributed by atoms with Gasteiger partial charge >= 0.3 is 5.97 Å². The first-order valence-electron chi connectivity index (χ1n) is 9.10. The van der Waals surface area contributed by atoms with E-state index in [1.807, 2.05) is 24.3 Å². The molecule has 2 rings (SSSR count). The SMILES string of the molecule is C#CC#CC#Cc1ccc(OC(=O)c2ccc(CCCCCC)cc2)cc1. The molecule has 2 nitrogen and oxygen atoms in total. The summed E-state index contributed by atoms with van der Waals surface area (Å²) in [6, 6.07) is 14.6. The van der Waals surface area contributed by atoms with E-state index < -0.39 is 0 Å². The molecule has 0 heterocycles. The molecule has 2 aromatic carbocycles. The molecule has 0 aliphatic heterocycles. The number of hydrogen-bond acceptors (Lipinski definition) is 2. The van der Waals surface area contributed by atoms with Crippen LogP contribution < -0.4 is 4.74 Å². The quantitative estimate of drug-likeness (QED) is 0.302. The summed E-state index contributed by atoms with van der Waals surface area (Å²) in [5, 5.41) is 0. The highest BCUT2D eigenvalue weighted by atomic mass is 16.5. The number of carbonyl (C=O) groups excluding carboxylic acids is 1. The number of terminal acetylenes is 1. The Morgan fingerprint density at radius 1 is 0.926 bits per heavy atom. The number of esters is 1. The van der Waals surface area contributed by atoms with Crippen LogP contribution in [0.4, 0.5) is 0 Å². The average molecular weight is 354 g/mol. The summed E-state index contributed by atoms with van der Waals surface area (Å²) in [6.07, 6.45) is 11.0. The van der Waals surface area contributed by atoms with Gasteiger partial charge in [0.05, 0.1) is 5.56 Å². The summed E-state index contributed by atoms with van der Waals surface area (Å²) in [7, 11) is 0. The minimum Gasteiger partial charge on any atom is -0.423 e. The van der Waals surface area contributed by atoms with Gasteiger partial charge in [0.1, 0.15) is 5.75 Å². The summed E-state index contributed by atoms with van der Waals surface area (Å²) in [5.41, 5.74) is 2.56. The van der Waals surface area contributed by atoms with E-state index in [2.05, 4.69) is 36.5 Å². The van der Waals surface area contributed by atoms with Crippen LogP contribution in [0.3, 0.4) is 0 Å². The van der Waals surface area contributed by atoms with Crippen molar-refractivity contribution in [2.75, 3.05) is 0 Å². The van der Waals surface area contributed by atoms with Gasteiger partial charge in [0.15, 0.2) is 0 Å². The molecule has 0 N–H and O–H groups in total. The lowest BCUT2D eigenvalue weighted by Crippen LogP contribution is -2.08. The Balaban J connectivity index is 1.90. The molecule has 0 aliphatic carbocycles. The minimum absolute atomic E-state index is 0.369. The van der Waals surface area contributed by atoms with Gasteiger partial charge < -0.3 is 4.74 Å². The predicted molar refractivity (Wildman–Crippen MR) is 109 cm³/mol. The van der Waals surface area contributed by atoms with Crippen LogP contribution in [-0.4, -0.2) is 5.97 Å². The van der Waals surface area contributed by atoms with Crippen molar-refractivity contribution in [2.45, 2.75) is 39.0 Å². The molecule has 2 heteroatoms. The highest BCUT2D eigenvalue weighted by Gasteiger charge is 2.08. The van der Waals surface area contributed by atoms with Crippen LogP contribution in [0.15, 0.2) is 48.5 Å². The standard InChI is InChI=1S/C25H22O2/c1-3-5-7-9-11-21-13-17-23(18-14-21)25(26)27-24-19-15-22(16-20-24)12-10-8-6-4-2/h2,13-20H,3,5,7,9,11H2,1H3. The van der Waals surface area contributed by atoms with Crippen LogP contribution in [0, 0.1) is 36.0 Å². The Morgan fingerprint density at radius 3 is 2.33 bits per heavy atom. The molecule has 0 atom stereocenters. The lowest BCUT2D eigenvalue weighted by atomic mass is 10.0. The first kappa shape index (κ1) is 19.9. The van der Waals surface area contributed by atoms with Crippen molar-refractivity contribution < 1.29 is 9.53 Å². The fraction of sp³-hybridized carbons (Fsp3) is 0.240. The molecular weight excluding hydrogens is 332 g/mol. The Kier molecular flexibility index (Phi) is 8.30. The zero-order chi connectivity index (χ0) is 19.3. The molecule has 0 aliphatic rings. The molecule has 0 bridgehead atoms. The van der Waals surface area contributed by atoms with Crippen molar-refractivity contribution in [3.63, 3.8) is 0 Å². The molecule has 0 saturated heterocycles. The van der Waals surface area contributed by atoms with Crippen LogP contribution in [0.1, 0.15) is 54.1 Å². The summed E-state index contributed by atoms with van der Waals surface area (Å²) in [5.74, 6) is 12.8. The number of ether oxygens (including phenoxy) is 1. The van der Waals surface area contributed by atoms with Gasteiger partial charge in [-0.2, -0.15) is 0 Å². The number of aryl methyl sites for hydroxylation is 1. The van der Waals surface area contributed by atoms with Gasteiger partial charge in [-0.15, -0.1) is 6.42 Å². The maximum atomic E-state index is 12.3. The van der Waals surface area contributed by atoms with Gasteiger partial charge in [0.2, 0.25) is 0 Å². The van der Waals surface area contributed by atoms with E-state index in [-0.39, 0.29) is 5.97 Å². The molecule has 0 aromatic heterocycles. The van der Waals surface area contributed by atoms with E-state index in [1.165, 1.54) is 31.2 Å². The third kappa shape index (κ3) is 7.15. The second-order valence-electron chi connectivity index (χ2n) is 6.07. The molecule has 0 unspecified atom stereocenters. The van der Waals surface area contributed by atoms with E-state index in [4.69, 9.17) is 11.2 Å². The van der Waals surface area contributed by atoms with Gasteiger partial charge in [-0.3, -0.25) is 0 Å². The summed E-state index contributed by atoms with van der Waals surface area (Å²) in [6.45, 7) is 2.21. The van der Waals surface area contributed by atoms with E-state index >= 15 is 0 Å². The van der Waals surface area contributed by atoms with Crippen molar-refractivity contribution in [2.24, 2.45) is 0 Å². The topological polar surface area (TPSA) is 26.3 Å². The summed E-state index contributed by atoms with van der Waals surface area (Å²) >= 11 is 0. The predicted octanol–water partition coefficient (Wildman–Crippen LogP) is 5.02. The van der Waals surface area contributed by atoms with E-state index in [0.29, 0.717) is 11.3 Å². The van der Waals surface area contributed by atoms with Crippen molar-refractivity contribution in [1.29, 1.82) is 0 Å². The largest absolute Gasteiger partial charge is 0.423 e. The Hall–Kier alpha value is -3.41. The number of carbonyl (C=O) groups is 1. The number of unbranched alkanes of at least 4 members (excludes halogenated alkanes) is 3. The Bertz CT molecular complexity index is 905. The second kappa shape index (κ2) is 11.3. The molecule has 27 heavy (non-hydrogen) atoms. The highest BCUT2D eigenvalue weighted by molar-refractivity contribution is 5.91. The van der Waals surface area contributed by atoms with Gasteiger partial charge in [0, 0.05) is 5.56 Å². The lowest BCUT2D eigenvalue weighted by Gasteiger charge is -2.06. The van der Waals surface area contributed by atoms with E-state index in [1.54, 1.807) is 24.3 Å². The van der Waals surface area contributed by atoms with Crippen molar-refractivity contribution in [1.82, 2.24) is 0 Å². The van der Waals surface area contributed by atoms with Gasteiger partial charge in [0.25, 0.3) is 0 Å². The summed E-state index contributed by atoms with van der Waals surface area (Å²) < 4.78 is 5.41. The van der Waals surface area contributed by atoms with Crippen LogP contribution in [-0.2, 0) is 6.42 Å². The number of benzene rings is 2. The maximum Gasteiger partial charge on any atom is 0.343 e. The molecule has 0 amide bonds. The molecule has 0 spiro atoms. The van der Waals surface area contributed by atoms with Crippen LogP contribution in [0.25, 0.3) is 0 Å². The van der Waals surface area contributed by atoms with Crippen LogP contribution >= 0.6 is 0 Å². The molecule has 2 aromatic rings.